The van der Waals surface area contributed by atoms with E-state index in [1.165, 1.54) is 0 Å². The number of halogens is 2. The summed E-state index contributed by atoms with van der Waals surface area (Å²) < 4.78 is 28.8. The lowest BCUT2D eigenvalue weighted by atomic mass is 9.93. The molecule has 4 aromatic rings. The highest BCUT2D eigenvalue weighted by molar-refractivity contribution is 6.27. The van der Waals surface area contributed by atoms with Gasteiger partial charge in [-0.3, -0.25) is 4.79 Å². The molecule has 0 spiro atoms. The first kappa shape index (κ1) is 12.7. The normalized spacial score (nSPS) is 13.6. The van der Waals surface area contributed by atoms with Crippen LogP contribution >= 0.6 is 0 Å². The van der Waals surface area contributed by atoms with Gasteiger partial charge in [-0.05, 0) is 21.7 Å². The highest BCUT2D eigenvalue weighted by Gasteiger charge is 2.29. The summed E-state index contributed by atoms with van der Waals surface area (Å²) >= 11 is 0. The predicted octanol–water partition coefficient (Wildman–Crippen LogP) is 5.16. The summed E-state index contributed by atoms with van der Waals surface area (Å²) in [6.07, 6.45) is 0.134. The van der Waals surface area contributed by atoms with E-state index in [1.54, 1.807) is 0 Å². The Bertz CT molecular complexity index is 1180. The molecule has 0 saturated heterocycles. The van der Waals surface area contributed by atoms with Crippen molar-refractivity contribution < 1.29 is 13.6 Å². The molecule has 4 aromatic carbocycles. The van der Waals surface area contributed by atoms with Gasteiger partial charge in [-0.2, -0.15) is 0 Å². The average molecular weight is 304 g/mol. The van der Waals surface area contributed by atoms with Crippen molar-refractivity contribution in [3.8, 4) is 0 Å². The van der Waals surface area contributed by atoms with E-state index in [1.807, 2.05) is 42.5 Å². The molecular weight excluding hydrogens is 294 g/mol. The van der Waals surface area contributed by atoms with E-state index in [4.69, 9.17) is 0 Å². The van der Waals surface area contributed by atoms with Gasteiger partial charge in [0, 0.05) is 28.6 Å². The number of carbonyl (C=O) groups excluding carboxylic acids is 1. The van der Waals surface area contributed by atoms with Gasteiger partial charge in [0.05, 0.1) is 5.56 Å². The topological polar surface area (TPSA) is 17.1 Å². The third kappa shape index (κ3) is 1.51. The maximum Gasteiger partial charge on any atom is 0.170 e. The molecule has 0 bridgehead atoms. The van der Waals surface area contributed by atoms with Crippen LogP contribution in [0.3, 0.4) is 0 Å². The number of hydrogen-bond donors (Lipinski definition) is 0. The van der Waals surface area contributed by atoms with E-state index in [0.29, 0.717) is 16.3 Å². The first-order valence-electron chi connectivity index (χ1n) is 7.43. The SMILES string of the molecule is O=C1Cc2cc3ccc4ccccc4c3c3c(F)cc(F)c1c23. The van der Waals surface area contributed by atoms with Crippen LogP contribution in [0.4, 0.5) is 8.78 Å². The van der Waals surface area contributed by atoms with Gasteiger partial charge in [0.15, 0.2) is 5.78 Å². The third-order valence-corrected chi connectivity index (χ3v) is 4.72. The minimum absolute atomic E-state index is 0.0336. The van der Waals surface area contributed by atoms with Crippen molar-refractivity contribution in [1.82, 2.24) is 0 Å². The minimum atomic E-state index is -0.765. The molecule has 0 unspecified atom stereocenters. The van der Waals surface area contributed by atoms with Gasteiger partial charge in [0.2, 0.25) is 0 Å². The van der Waals surface area contributed by atoms with E-state index >= 15 is 0 Å². The lowest BCUT2D eigenvalue weighted by Gasteiger charge is -2.11. The Hall–Kier alpha value is -2.81. The van der Waals surface area contributed by atoms with Crippen molar-refractivity contribution in [2.45, 2.75) is 6.42 Å². The van der Waals surface area contributed by atoms with Crippen molar-refractivity contribution >= 4 is 38.1 Å². The molecule has 110 valence electrons. The number of rotatable bonds is 0. The van der Waals surface area contributed by atoms with Crippen LogP contribution in [-0.2, 0) is 6.42 Å². The number of hydrogen-bond acceptors (Lipinski definition) is 1. The molecule has 1 aliphatic rings. The number of benzene rings is 4. The van der Waals surface area contributed by atoms with Gasteiger partial charge in [0.25, 0.3) is 0 Å². The van der Waals surface area contributed by atoms with Crippen LogP contribution in [0.25, 0.3) is 32.3 Å². The maximum absolute atomic E-state index is 14.7. The molecule has 0 radical (unpaired) electrons. The lowest BCUT2D eigenvalue weighted by molar-refractivity contribution is 0.0996. The zero-order valence-corrected chi connectivity index (χ0v) is 12.0. The first-order valence-corrected chi connectivity index (χ1v) is 7.43. The van der Waals surface area contributed by atoms with Crippen LogP contribution in [0.5, 0.6) is 0 Å². The number of Topliss-reactive ketones (excluding diaryl/α,β-unsaturated/α-hetero) is 1. The first-order chi connectivity index (χ1) is 11.1. The van der Waals surface area contributed by atoms with E-state index < -0.39 is 11.6 Å². The Morgan fingerprint density at radius 1 is 0.783 bits per heavy atom. The van der Waals surface area contributed by atoms with Crippen LogP contribution < -0.4 is 0 Å². The Morgan fingerprint density at radius 2 is 1.57 bits per heavy atom. The molecule has 0 fully saturated rings. The fourth-order valence-corrected chi connectivity index (χ4v) is 3.81. The average Bonchev–Trinajstić information content (AvgIpc) is 2.87. The zero-order valence-electron chi connectivity index (χ0n) is 12.0. The van der Waals surface area contributed by atoms with Crippen LogP contribution in [0.1, 0.15) is 15.9 Å². The quantitative estimate of drug-likeness (QED) is 0.410. The van der Waals surface area contributed by atoms with Gasteiger partial charge in [0.1, 0.15) is 11.6 Å². The molecule has 0 N–H and O–H groups in total. The number of fused-ring (bicyclic) bond motifs is 4. The second-order valence-corrected chi connectivity index (χ2v) is 5.99. The monoisotopic (exact) mass is 304 g/mol. The molecule has 23 heavy (non-hydrogen) atoms. The molecule has 0 aliphatic heterocycles. The van der Waals surface area contributed by atoms with Crippen molar-refractivity contribution in [1.29, 1.82) is 0 Å². The summed E-state index contributed by atoms with van der Waals surface area (Å²) in [7, 11) is 0. The standard InChI is InChI=1S/C20H10F2O/c21-14-9-15(22)20-17-11(6-5-10-3-1-2-4-13(10)17)7-12-8-16(23)19(14)18(12)20/h1-7,9H,8H2. The second-order valence-electron chi connectivity index (χ2n) is 5.99. The summed E-state index contributed by atoms with van der Waals surface area (Å²) in [6.45, 7) is 0. The third-order valence-electron chi connectivity index (χ3n) is 4.72. The molecule has 3 heteroatoms. The van der Waals surface area contributed by atoms with Crippen molar-refractivity contribution in [2.24, 2.45) is 0 Å². The molecule has 1 aliphatic carbocycles. The molecular formula is C20H10F2O. The summed E-state index contributed by atoms with van der Waals surface area (Å²) in [6, 6.07) is 14.3. The lowest BCUT2D eigenvalue weighted by Crippen LogP contribution is -1.98. The molecule has 0 heterocycles. The fourth-order valence-electron chi connectivity index (χ4n) is 3.81. The van der Waals surface area contributed by atoms with Crippen molar-refractivity contribution in [3.05, 3.63) is 71.3 Å². The summed E-state index contributed by atoms with van der Waals surface area (Å²) in [5.41, 5.74) is 0.743. The Kier molecular flexibility index (Phi) is 2.28. The van der Waals surface area contributed by atoms with Gasteiger partial charge >= 0.3 is 0 Å². The number of carbonyl (C=O) groups is 1. The Labute approximate surface area is 130 Å². The predicted molar refractivity (Wildman–Crippen MR) is 86.9 cm³/mol. The van der Waals surface area contributed by atoms with Crippen LogP contribution in [0.15, 0.2) is 48.5 Å². The summed E-state index contributed by atoms with van der Waals surface area (Å²) in [5.74, 6) is -1.65. The van der Waals surface area contributed by atoms with Gasteiger partial charge in [-0.1, -0.05) is 42.5 Å². The molecule has 5 rings (SSSR count). The van der Waals surface area contributed by atoms with Crippen LogP contribution in [0.2, 0.25) is 0 Å². The molecule has 0 aromatic heterocycles. The second kappa shape index (κ2) is 4.13. The van der Waals surface area contributed by atoms with Crippen LogP contribution in [0, 0.1) is 11.6 Å². The molecule has 0 atom stereocenters. The summed E-state index contributed by atoms with van der Waals surface area (Å²) in [4.78, 5) is 12.2. The zero-order chi connectivity index (χ0) is 15.7. The van der Waals surface area contributed by atoms with Gasteiger partial charge < -0.3 is 0 Å². The molecule has 0 saturated carbocycles. The van der Waals surface area contributed by atoms with Gasteiger partial charge in [-0.25, -0.2) is 8.78 Å². The smallest absolute Gasteiger partial charge is 0.170 e. The van der Waals surface area contributed by atoms with Gasteiger partial charge in [-0.15, -0.1) is 0 Å². The Morgan fingerprint density at radius 3 is 2.43 bits per heavy atom. The maximum atomic E-state index is 14.7. The van der Waals surface area contributed by atoms with E-state index in [-0.39, 0.29) is 17.8 Å². The van der Waals surface area contributed by atoms with E-state index in [0.717, 1.165) is 27.6 Å². The largest absolute Gasteiger partial charge is 0.294 e. The highest BCUT2D eigenvalue weighted by Crippen LogP contribution is 2.41. The minimum Gasteiger partial charge on any atom is -0.294 e. The summed E-state index contributed by atoms with van der Waals surface area (Å²) in [5, 5.41) is 4.32. The molecule has 1 nitrogen and oxygen atoms in total. The Balaban J connectivity index is 2.17. The number of ketones is 1. The van der Waals surface area contributed by atoms with Crippen molar-refractivity contribution in [2.75, 3.05) is 0 Å². The van der Waals surface area contributed by atoms with Crippen molar-refractivity contribution in [3.63, 3.8) is 0 Å². The van der Waals surface area contributed by atoms with E-state index in [9.17, 15) is 13.6 Å². The molecule has 0 amide bonds. The van der Waals surface area contributed by atoms with E-state index in [2.05, 4.69) is 0 Å². The van der Waals surface area contributed by atoms with Crippen LogP contribution in [-0.4, -0.2) is 5.78 Å². The fraction of sp³-hybridized carbons (Fsp3) is 0.0500. The highest BCUT2D eigenvalue weighted by atomic mass is 19.1.